The lowest BCUT2D eigenvalue weighted by Crippen LogP contribution is -2.21. The second-order valence-corrected chi connectivity index (χ2v) is 4.33. The molecular weight excluding hydrogens is 301 g/mol. The van der Waals surface area contributed by atoms with E-state index >= 15 is 0 Å². The smallest absolute Gasteiger partial charge is 0.383 e. The standard InChI is InChI=1S/C12H11F3N6O/c1-6(18-7(2)22)21-5-10(19-20-21)8-3-9(12(13,14)15)11(16)17-4-8/h3-5H,1H2,2H3,(H2,16,17)(H,18,22). The van der Waals surface area contributed by atoms with Crippen molar-refractivity contribution in [3.05, 3.63) is 30.6 Å². The number of nitrogens with one attached hydrogen (secondary N) is 1. The summed E-state index contributed by atoms with van der Waals surface area (Å²) in [4.78, 5) is 14.4. The van der Waals surface area contributed by atoms with Crippen LogP contribution in [0.4, 0.5) is 19.0 Å². The monoisotopic (exact) mass is 312 g/mol. The number of hydrogen-bond donors (Lipinski definition) is 2. The number of nitrogens with zero attached hydrogens (tertiary/aromatic N) is 4. The van der Waals surface area contributed by atoms with Crippen molar-refractivity contribution in [2.45, 2.75) is 13.1 Å². The summed E-state index contributed by atoms with van der Waals surface area (Å²) in [5.74, 6) is -0.868. The maximum Gasteiger partial charge on any atom is 0.419 e. The summed E-state index contributed by atoms with van der Waals surface area (Å²) in [6.07, 6.45) is -2.16. The summed E-state index contributed by atoms with van der Waals surface area (Å²) >= 11 is 0. The number of amides is 1. The average molecular weight is 312 g/mol. The highest BCUT2D eigenvalue weighted by Crippen LogP contribution is 2.34. The molecule has 0 saturated carbocycles. The second-order valence-electron chi connectivity index (χ2n) is 4.33. The molecule has 0 bridgehead atoms. The van der Waals surface area contributed by atoms with Gasteiger partial charge in [0.15, 0.2) is 0 Å². The molecule has 0 unspecified atom stereocenters. The van der Waals surface area contributed by atoms with Crippen molar-refractivity contribution in [3.8, 4) is 11.3 Å². The number of carbonyl (C=O) groups excluding carboxylic acids is 1. The van der Waals surface area contributed by atoms with Crippen molar-refractivity contribution in [2.24, 2.45) is 0 Å². The van der Waals surface area contributed by atoms with Crippen LogP contribution >= 0.6 is 0 Å². The molecule has 0 spiro atoms. The fourth-order valence-corrected chi connectivity index (χ4v) is 1.63. The van der Waals surface area contributed by atoms with Gasteiger partial charge in [-0.05, 0) is 6.07 Å². The van der Waals surface area contributed by atoms with Crippen molar-refractivity contribution in [3.63, 3.8) is 0 Å². The number of pyridine rings is 1. The lowest BCUT2D eigenvalue weighted by molar-refractivity contribution is -0.137. The van der Waals surface area contributed by atoms with Crippen LogP contribution in [-0.4, -0.2) is 25.9 Å². The lowest BCUT2D eigenvalue weighted by atomic mass is 10.1. The quantitative estimate of drug-likeness (QED) is 0.895. The molecule has 2 rings (SSSR count). The lowest BCUT2D eigenvalue weighted by Gasteiger charge is -2.09. The Balaban J connectivity index is 2.36. The van der Waals surface area contributed by atoms with Crippen molar-refractivity contribution in [2.75, 3.05) is 5.73 Å². The van der Waals surface area contributed by atoms with Crippen molar-refractivity contribution < 1.29 is 18.0 Å². The first-order valence-electron chi connectivity index (χ1n) is 5.91. The summed E-state index contributed by atoms with van der Waals surface area (Å²) in [5, 5.41) is 9.77. The van der Waals surface area contributed by atoms with Crippen LogP contribution in [0.1, 0.15) is 12.5 Å². The minimum absolute atomic E-state index is 0.0865. The average Bonchev–Trinajstić information content (AvgIpc) is 2.86. The van der Waals surface area contributed by atoms with Crippen molar-refractivity contribution in [1.82, 2.24) is 25.3 Å². The zero-order valence-electron chi connectivity index (χ0n) is 11.3. The predicted molar refractivity (Wildman–Crippen MR) is 71.8 cm³/mol. The van der Waals surface area contributed by atoms with Crippen LogP contribution in [0.2, 0.25) is 0 Å². The van der Waals surface area contributed by atoms with E-state index in [4.69, 9.17) is 5.73 Å². The molecule has 0 fully saturated rings. The van der Waals surface area contributed by atoms with Gasteiger partial charge in [0.25, 0.3) is 0 Å². The van der Waals surface area contributed by atoms with E-state index < -0.39 is 17.6 Å². The maximum absolute atomic E-state index is 12.8. The van der Waals surface area contributed by atoms with E-state index in [1.807, 2.05) is 0 Å². The SMILES string of the molecule is C=C(NC(C)=O)n1cc(-c2cnc(N)c(C(F)(F)F)c2)nn1. The number of rotatable bonds is 3. The number of halogens is 3. The molecule has 0 atom stereocenters. The third kappa shape index (κ3) is 3.22. The molecule has 0 saturated heterocycles. The third-order valence-corrected chi connectivity index (χ3v) is 2.61. The molecule has 2 aromatic heterocycles. The van der Waals surface area contributed by atoms with Crippen LogP contribution in [0.15, 0.2) is 25.0 Å². The Morgan fingerprint density at radius 1 is 1.45 bits per heavy atom. The molecule has 0 aliphatic heterocycles. The number of hydrogen-bond acceptors (Lipinski definition) is 5. The van der Waals surface area contributed by atoms with Crippen molar-refractivity contribution >= 4 is 17.5 Å². The summed E-state index contributed by atoms with van der Waals surface area (Å²) in [7, 11) is 0. The molecule has 0 aliphatic carbocycles. The first kappa shape index (κ1) is 15.5. The molecule has 1 amide bonds. The number of nitrogen functional groups attached to an aromatic ring is 1. The first-order valence-corrected chi connectivity index (χ1v) is 5.91. The minimum Gasteiger partial charge on any atom is -0.383 e. The van der Waals surface area contributed by atoms with E-state index in [1.54, 1.807) is 0 Å². The molecular formula is C12H11F3N6O. The van der Waals surface area contributed by atoms with Crippen LogP contribution in [0.5, 0.6) is 0 Å². The Morgan fingerprint density at radius 3 is 2.73 bits per heavy atom. The minimum atomic E-state index is -4.62. The molecule has 2 aromatic rings. The number of carbonyl (C=O) groups is 1. The molecule has 7 nitrogen and oxygen atoms in total. The fourth-order valence-electron chi connectivity index (χ4n) is 1.63. The normalized spacial score (nSPS) is 11.3. The highest BCUT2D eigenvalue weighted by molar-refractivity contribution is 5.79. The number of anilines is 1. The van der Waals surface area contributed by atoms with Gasteiger partial charge in [-0.1, -0.05) is 11.8 Å². The highest BCUT2D eigenvalue weighted by atomic mass is 19.4. The van der Waals surface area contributed by atoms with Gasteiger partial charge in [0, 0.05) is 18.7 Å². The van der Waals surface area contributed by atoms with Gasteiger partial charge in [0.2, 0.25) is 5.91 Å². The topological polar surface area (TPSA) is 98.7 Å². The molecule has 0 aliphatic rings. The van der Waals surface area contributed by atoms with Crippen LogP contribution < -0.4 is 11.1 Å². The van der Waals surface area contributed by atoms with Crippen LogP contribution in [0.25, 0.3) is 17.1 Å². The molecule has 10 heteroatoms. The molecule has 22 heavy (non-hydrogen) atoms. The summed E-state index contributed by atoms with van der Waals surface area (Å²) < 4.78 is 39.5. The zero-order chi connectivity index (χ0) is 16.5. The second kappa shape index (κ2) is 5.47. The van der Waals surface area contributed by atoms with E-state index in [0.717, 1.165) is 16.9 Å². The molecule has 2 heterocycles. The largest absolute Gasteiger partial charge is 0.419 e. The van der Waals surface area contributed by atoms with E-state index in [2.05, 4.69) is 27.2 Å². The summed E-state index contributed by atoms with van der Waals surface area (Å²) in [5.41, 5.74) is 4.39. The van der Waals surface area contributed by atoms with Gasteiger partial charge in [-0.2, -0.15) is 13.2 Å². The predicted octanol–water partition coefficient (Wildman–Crippen LogP) is 1.51. The molecule has 0 aromatic carbocycles. The van der Waals surface area contributed by atoms with E-state index in [1.165, 1.54) is 13.1 Å². The van der Waals surface area contributed by atoms with E-state index in [0.29, 0.717) is 0 Å². The van der Waals surface area contributed by atoms with Crippen LogP contribution in [-0.2, 0) is 11.0 Å². The molecule has 0 radical (unpaired) electrons. The van der Waals surface area contributed by atoms with Gasteiger partial charge < -0.3 is 11.1 Å². The van der Waals surface area contributed by atoms with E-state index in [9.17, 15) is 18.0 Å². The van der Waals surface area contributed by atoms with Gasteiger partial charge in [-0.25, -0.2) is 9.67 Å². The van der Waals surface area contributed by atoms with Crippen molar-refractivity contribution in [1.29, 1.82) is 0 Å². The highest BCUT2D eigenvalue weighted by Gasteiger charge is 2.34. The fraction of sp³-hybridized carbons (Fsp3) is 0.167. The Kier molecular flexibility index (Phi) is 3.85. The Labute approximate surface area is 122 Å². The zero-order valence-corrected chi connectivity index (χ0v) is 11.3. The van der Waals surface area contributed by atoms with Crippen LogP contribution in [0.3, 0.4) is 0 Å². The molecule has 3 N–H and O–H groups in total. The molecule has 116 valence electrons. The van der Waals surface area contributed by atoms with Crippen LogP contribution in [0, 0.1) is 0 Å². The maximum atomic E-state index is 12.8. The van der Waals surface area contributed by atoms with E-state index in [-0.39, 0.29) is 23.0 Å². The number of aromatic nitrogens is 4. The van der Waals surface area contributed by atoms with Gasteiger partial charge in [0.05, 0.1) is 11.8 Å². The first-order chi connectivity index (χ1) is 10.2. The third-order valence-electron chi connectivity index (χ3n) is 2.61. The van der Waals surface area contributed by atoms with Gasteiger partial charge >= 0.3 is 6.18 Å². The van der Waals surface area contributed by atoms with Gasteiger partial charge in [-0.3, -0.25) is 4.79 Å². The Morgan fingerprint density at radius 2 is 2.14 bits per heavy atom. The van der Waals surface area contributed by atoms with Gasteiger partial charge in [-0.15, -0.1) is 5.10 Å². The summed E-state index contributed by atoms with van der Waals surface area (Å²) in [6, 6.07) is 0.831. The number of nitrogens with two attached hydrogens (primary N) is 1. The summed E-state index contributed by atoms with van der Waals surface area (Å²) in [6.45, 7) is 4.84. The number of alkyl halides is 3. The van der Waals surface area contributed by atoms with Gasteiger partial charge in [0.1, 0.15) is 17.3 Å². The Bertz CT molecular complexity index is 737. The Hall–Kier alpha value is -2.91.